The molecule has 2 aromatic carbocycles. The number of benzene rings is 2. The summed E-state index contributed by atoms with van der Waals surface area (Å²) >= 11 is 0. The third-order valence-electron chi connectivity index (χ3n) is 5.59. The number of phenols is 1. The van der Waals surface area contributed by atoms with Gasteiger partial charge in [0.15, 0.2) is 0 Å². The minimum absolute atomic E-state index is 0.173. The minimum atomic E-state index is 0.173. The Kier molecular flexibility index (Phi) is 9.57. The highest BCUT2D eigenvalue weighted by atomic mass is 16.5. The summed E-state index contributed by atoms with van der Waals surface area (Å²) in [6.07, 6.45) is 5.93. The number of unbranched alkanes of at least 4 members (excludes halogenated alkanes) is 1. The molecule has 31 heavy (non-hydrogen) atoms. The van der Waals surface area contributed by atoms with Crippen LogP contribution in [0, 0.1) is 12.8 Å². The molecule has 0 aliphatic carbocycles. The summed E-state index contributed by atoms with van der Waals surface area (Å²) in [5.74, 6) is 2.03. The molecule has 0 saturated carbocycles. The van der Waals surface area contributed by atoms with E-state index in [1.54, 1.807) is 31.5 Å². The normalized spacial score (nSPS) is 13.9. The van der Waals surface area contributed by atoms with Crippen molar-refractivity contribution in [1.82, 2.24) is 5.01 Å². The van der Waals surface area contributed by atoms with Crippen molar-refractivity contribution in [3.05, 3.63) is 53.6 Å². The fourth-order valence-electron chi connectivity index (χ4n) is 3.29. The van der Waals surface area contributed by atoms with Gasteiger partial charge in [-0.05, 0) is 56.5 Å². The van der Waals surface area contributed by atoms with E-state index in [0.717, 1.165) is 42.8 Å². The van der Waals surface area contributed by atoms with Gasteiger partial charge in [0.05, 0.1) is 25.1 Å². The maximum Gasteiger partial charge on any atom is 0.128 e. The van der Waals surface area contributed by atoms with Gasteiger partial charge in [-0.1, -0.05) is 51.8 Å². The predicted octanol–water partition coefficient (Wildman–Crippen LogP) is 6.70. The second-order valence-corrected chi connectivity index (χ2v) is 8.07. The Morgan fingerprint density at radius 1 is 1.16 bits per heavy atom. The van der Waals surface area contributed by atoms with E-state index in [0.29, 0.717) is 11.3 Å². The summed E-state index contributed by atoms with van der Waals surface area (Å²) < 4.78 is 5.30. The van der Waals surface area contributed by atoms with Gasteiger partial charge in [0.2, 0.25) is 0 Å². The van der Waals surface area contributed by atoms with E-state index in [4.69, 9.17) is 14.8 Å². The number of phenolic OH excluding ortho intramolecular Hbond substituents is 1. The fraction of sp³-hybridized carbons (Fsp3) is 0.462. The SMILES string of the molecule is CCCCC(C)N(/N=C/c1cc(OC)ccc1O)C(=Nc1ccccc1C)C(C)CC. The summed E-state index contributed by atoms with van der Waals surface area (Å²) in [6, 6.07) is 13.5. The van der Waals surface area contributed by atoms with Crippen molar-refractivity contribution >= 4 is 17.7 Å². The number of methoxy groups -OCH3 is 1. The molecular weight excluding hydrogens is 386 g/mol. The molecule has 2 rings (SSSR count). The molecule has 0 fully saturated rings. The number of hydrogen-bond acceptors (Lipinski definition) is 4. The van der Waals surface area contributed by atoms with Gasteiger partial charge >= 0.3 is 0 Å². The van der Waals surface area contributed by atoms with Crippen LogP contribution in [-0.2, 0) is 0 Å². The highest BCUT2D eigenvalue weighted by Gasteiger charge is 2.22. The summed E-state index contributed by atoms with van der Waals surface area (Å²) in [5.41, 5.74) is 2.72. The highest BCUT2D eigenvalue weighted by molar-refractivity contribution is 5.90. The molecule has 2 unspecified atom stereocenters. The van der Waals surface area contributed by atoms with Crippen LogP contribution >= 0.6 is 0 Å². The van der Waals surface area contributed by atoms with Gasteiger partial charge in [0.25, 0.3) is 0 Å². The van der Waals surface area contributed by atoms with E-state index in [-0.39, 0.29) is 17.7 Å². The number of ether oxygens (including phenoxy) is 1. The lowest BCUT2D eigenvalue weighted by Crippen LogP contribution is -2.38. The monoisotopic (exact) mass is 423 g/mol. The largest absolute Gasteiger partial charge is 0.507 e. The first-order chi connectivity index (χ1) is 14.9. The topological polar surface area (TPSA) is 57.4 Å². The Morgan fingerprint density at radius 2 is 1.90 bits per heavy atom. The molecular formula is C26H37N3O2. The average Bonchev–Trinajstić information content (AvgIpc) is 2.78. The number of aliphatic imine (C=N–C) groups is 1. The summed E-state index contributed by atoms with van der Waals surface area (Å²) in [5, 5.41) is 17.2. The van der Waals surface area contributed by atoms with Gasteiger partial charge in [-0.15, -0.1) is 0 Å². The molecule has 2 atom stereocenters. The zero-order valence-electron chi connectivity index (χ0n) is 19.8. The predicted molar refractivity (Wildman–Crippen MR) is 131 cm³/mol. The number of amidine groups is 1. The Labute approximate surface area is 187 Å². The van der Waals surface area contributed by atoms with E-state index in [1.807, 2.05) is 23.2 Å². The molecule has 0 bridgehead atoms. The number of hydrazone groups is 1. The van der Waals surface area contributed by atoms with Crippen LogP contribution in [0.3, 0.4) is 0 Å². The van der Waals surface area contributed by atoms with Crippen molar-refractivity contribution in [2.75, 3.05) is 7.11 Å². The van der Waals surface area contributed by atoms with Crippen molar-refractivity contribution in [2.24, 2.45) is 16.0 Å². The number of para-hydroxylation sites is 1. The van der Waals surface area contributed by atoms with Crippen LogP contribution in [0.5, 0.6) is 11.5 Å². The van der Waals surface area contributed by atoms with Crippen LogP contribution in [0.2, 0.25) is 0 Å². The lowest BCUT2D eigenvalue weighted by molar-refractivity contribution is 0.308. The minimum Gasteiger partial charge on any atom is -0.507 e. The number of rotatable bonds is 10. The number of nitrogens with zero attached hydrogens (tertiary/aromatic N) is 3. The summed E-state index contributed by atoms with van der Waals surface area (Å²) in [7, 11) is 1.61. The second kappa shape index (κ2) is 12.1. The zero-order valence-corrected chi connectivity index (χ0v) is 19.8. The van der Waals surface area contributed by atoms with Crippen molar-refractivity contribution in [2.45, 2.75) is 66.3 Å². The molecule has 0 amide bonds. The lowest BCUT2D eigenvalue weighted by atomic mass is 10.0. The fourth-order valence-corrected chi connectivity index (χ4v) is 3.29. The number of aromatic hydroxyl groups is 1. The van der Waals surface area contributed by atoms with Gasteiger partial charge in [-0.25, -0.2) is 10.0 Å². The van der Waals surface area contributed by atoms with E-state index in [9.17, 15) is 5.11 Å². The molecule has 5 heteroatoms. The molecule has 0 radical (unpaired) electrons. The molecule has 168 valence electrons. The molecule has 0 aromatic heterocycles. The van der Waals surface area contributed by atoms with E-state index in [2.05, 4.69) is 40.7 Å². The van der Waals surface area contributed by atoms with Crippen molar-refractivity contribution < 1.29 is 9.84 Å². The maximum absolute atomic E-state index is 10.3. The van der Waals surface area contributed by atoms with Crippen LogP contribution in [-0.4, -0.2) is 35.3 Å². The van der Waals surface area contributed by atoms with Gasteiger partial charge in [-0.3, -0.25) is 0 Å². The maximum atomic E-state index is 10.3. The Hall–Kier alpha value is -2.82. The van der Waals surface area contributed by atoms with Gasteiger partial charge in [0, 0.05) is 11.5 Å². The van der Waals surface area contributed by atoms with E-state index < -0.39 is 0 Å². The first kappa shape index (κ1) is 24.4. The molecule has 0 heterocycles. The molecule has 5 nitrogen and oxygen atoms in total. The van der Waals surface area contributed by atoms with Crippen LogP contribution in [0.4, 0.5) is 5.69 Å². The molecule has 0 spiro atoms. The molecule has 0 aliphatic heterocycles. The Balaban J connectivity index is 2.52. The van der Waals surface area contributed by atoms with Crippen LogP contribution in [0.15, 0.2) is 52.6 Å². The molecule has 0 aliphatic rings. The average molecular weight is 424 g/mol. The Morgan fingerprint density at radius 3 is 2.55 bits per heavy atom. The summed E-state index contributed by atoms with van der Waals surface area (Å²) in [4.78, 5) is 5.07. The molecule has 0 saturated heterocycles. The van der Waals surface area contributed by atoms with Crippen molar-refractivity contribution in [3.8, 4) is 11.5 Å². The smallest absolute Gasteiger partial charge is 0.128 e. The number of aryl methyl sites for hydroxylation is 1. The van der Waals surface area contributed by atoms with Crippen LogP contribution in [0.25, 0.3) is 0 Å². The first-order valence-electron chi connectivity index (χ1n) is 11.3. The highest BCUT2D eigenvalue weighted by Crippen LogP contribution is 2.25. The van der Waals surface area contributed by atoms with Crippen LogP contribution in [0.1, 0.15) is 64.5 Å². The summed E-state index contributed by atoms with van der Waals surface area (Å²) in [6.45, 7) is 10.8. The standard InChI is InChI=1S/C26H37N3O2/c1-7-9-13-21(5)29(27-18-22-17-23(31-6)15-16-25(22)30)26(19(3)8-2)28-24-14-11-10-12-20(24)4/h10-12,14-19,21,30H,7-9,13H2,1-6H3/b27-18+,28-26?. The molecule has 2 aromatic rings. The third-order valence-corrected chi connectivity index (χ3v) is 5.59. The van der Waals surface area contributed by atoms with Gasteiger partial charge < -0.3 is 9.84 Å². The van der Waals surface area contributed by atoms with Crippen molar-refractivity contribution in [3.63, 3.8) is 0 Å². The van der Waals surface area contributed by atoms with Gasteiger partial charge in [0.1, 0.15) is 17.3 Å². The van der Waals surface area contributed by atoms with Crippen molar-refractivity contribution in [1.29, 1.82) is 0 Å². The van der Waals surface area contributed by atoms with Gasteiger partial charge in [-0.2, -0.15) is 5.10 Å². The lowest BCUT2D eigenvalue weighted by Gasteiger charge is -2.30. The molecule has 1 N–H and O–H groups in total. The zero-order chi connectivity index (χ0) is 22.8. The van der Waals surface area contributed by atoms with Crippen LogP contribution < -0.4 is 4.74 Å². The second-order valence-electron chi connectivity index (χ2n) is 8.07. The van der Waals surface area contributed by atoms with E-state index in [1.165, 1.54) is 0 Å². The van der Waals surface area contributed by atoms with E-state index >= 15 is 0 Å². The quantitative estimate of drug-likeness (QED) is 0.263. The first-order valence-corrected chi connectivity index (χ1v) is 11.3. The Bertz CT molecular complexity index is 892. The number of hydrogen-bond donors (Lipinski definition) is 1. The third kappa shape index (κ3) is 6.84.